The van der Waals surface area contributed by atoms with Gasteiger partial charge in [0.25, 0.3) is 0 Å². The Balaban J connectivity index is 1.39. The molecule has 9 nitrogen and oxygen atoms in total. The zero-order chi connectivity index (χ0) is 30.7. The van der Waals surface area contributed by atoms with Gasteiger partial charge in [-0.25, -0.2) is 8.78 Å². The second-order valence-electron chi connectivity index (χ2n) is 12.6. The molecule has 3 aliphatic rings. The number of nitrogens with two attached hydrogens (primary N) is 1. The number of halogens is 2. The number of primary amides is 1. The Hall–Kier alpha value is -4.12. The number of rotatable bonds is 7. The highest BCUT2D eigenvalue weighted by Crippen LogP contribution is 2.43. The summed E-state index contributed by atoms with van der Waals surface area (Å²) in [6, 6.07) is 5.24. The molecule has 3 aliphatic heterocycles. The minimum Gasteiger partial charge on any atom is -0.508 e. The van der Waals surface area contributed by atoms with Crippen LogP contribution in [0.4, 0.5) is 14.6 Å². The summed E-state index contributed by atoms with van der Waals surface area (Å²) in [6.07, 6.45) is 6.22. The summed E-state index contributed by atoms with van der Waals surface area (Å²) in [5.41, 5.74) is 6.20. The Kier molecular flexibility index (Phi) is 7.03. The van der Waals surface area contributed by atoms with Crippen molar-refractivity contribution in [3.05, 3.63) is 47.7 Å². The fraction of sp³-hybridized carbons (Fsp3) is 0.455. The number of aryl methyl sites for hydroxylation is 1. The molecular formula is C33H36F2N6O3. The molecule has 4 aromatic rings. The zero-order valence-corrected chi connectivity index (χ0v) is 24.9. The van der Waals surface area contributed by atoms with E-state index in [1.807, 2.05) is 6.92 Å². The van der Waals surface area contributed by atoms with Gasteiger partial charge in [0.05, 0.1) is 10.9 Å². The molecular weight excluding hydrogens is 566 g/mol. The summed E-state index contributed by atoms with van der Waals surface area (Å²) in [4.78, 5) is 30.4. The van der Waals surface area contributed by atoms with E-state index in [1.165, 1.54) is 24.4 Å². The molecule has 44 heavy (non-hydrogen) atoms. The van der Waals surface area contributed by atoms with Gasteiger partial charge in [-0.05, 0) is 85.5 Å². The van der Waals surface area contributed by atoms with Crippen LogP contribution in [-0.2, 0) is 11.2 Å². The van der Waals surface area contributed by atoms with Gasteiger partial charge in [0, 0.05) is 24.8 Å². The van der Waals surface area contributed by atoms with E-state index in [0.29, 0.717) is 59.5 Å². The molecule has 11 heteroatoms. The number of nitrogens with zero attached hydrogens (tertiary/aromatic N) is 5. The number of anilines is 1. The number of aromatic hydroxyl groups is 1. The molecule has 0 saturated carbocycles. The number of amides is 1. The van der Waals surface area contributed by atoms with Gasteiger partial charge in [-0.3, -0.25) is 14.7 Å². The van der Waals surface area contributed by atoms with Crippen molar-refractivity contribution in [1.82, 2.24) is 19.9 Å². The molecule has 3 saturated heterocycles. The van der Waals surface area contributed by atoms with Gasteiger partial charge in [0.2, 0.25) is 5.91 Å². The first kappa shape index (κ1) is 28.6. The maximum Gasteiger partial charge on any atom is 0.319 e. The number of pyridine rings is 1. The van der Waals surface area contributed by atoms with E-state index in [-0.39, 0.29) is 34.1 Å². The molecule has 3 N–H and O–H groups in total. The number of phenolic OH excluding ortho intramolecular Hbond substituents is 1. The first-order valence-electron chi connectivity index (χ1n) is 15.4. The molecule has 5 heterocycles. The van der Waals surface area contributed by atoms with Gasteiger partial charge in [0.15, 0.2) is 5.82 Å². The van der Waals surface area contributed by atoms with Crippen LogP contribution in [0, 0.1) is 17.6 Å². The molecule has 0 spiro atoms. The molecule has 2 aromatic carbocycles. The van der Waals surface area contributed by atoms with Crippen LogP contribution in [-0.4, -0.2) is 68.7 Å². The zero-order valence-electron chi connectivity index (χ0n) is 24.9. The number of carbonyl (C=O) groups excluding carboxylic acids is 1. The van der Waals surface area contributed by atoms with Gasteiger partial charge >= 0.3 is 6.01 Å². The SMILES string of the molecule is CCc1c(F)ccc2cc(O)cc(-c3ncc4c(N5CCC[C@H]5C(N)=O)nc(OC[C@@]56CCCN5C[C@H](C)C6)nc4c3F)c12. The lowest BCUT2D eigenvalue weighted by Gasteiger charge is -2.31. The van der Waals surface area contributed by atoms with E-state index in [4.69, 9.17) is 15.5 Å². The normalized spacial score (nSPS) is 23.6. The second-order valence-corrected chi connectivity index (χ2v) is 12.6. The number of carbonyl (C=O) groups is 1. The summed E-state index contributed by atoms with van der Waals surface area (Å²) in [6.45, 7) is 6.98. The smallest absolute Gasteiger partial charge is 0.319 e. The molecule has 230 valence electrons. The lowest BCUT2D eigenvalue weighted by Crippen LogP contribution is -2.43. The molecule has 0 aliphatic carbocycles. The fourth-order valence-electron chi connectivity index (χ4n) is 7.86. The number of aromatic nitrogens is 3. The van der Waals surface area contributed by atoms with E-state index >= 15 is 4.39 Å². The predicted octanol–water partition coefficient (Wildman–Crippen LogP) is 5.10. The number of benzene rings is 2. The van der Waals surface area contributed by atoms with Crippen LogP contribution in [0.25, 0.3) is 32.9 Å². The van der Waals surface area contributed by atoms with Crippen molar-refractivity contribution in [2.75, 3.05) is 31.1 Å². The number of hydrogen-bond acceptors (Lipinski definition) is 8. The van der Waals surface area contributed by atoms with Crippen molar-refractivity contribution in [1.29, 1.82) is 0 Å². The van der Waals surface area contributed by atoms with Crippen LogP contribution in [0.15, 0.2) is 30.5 Å². The quantitative estimate of drug-likeness (QED) is 0.300. The Labute approximate surface area is 254 Å². The number of ether oxygens (including phenoxy) is 1. The summed E-state index contributed by atoms with van der Waals surface area (Å²) >= 11 is 0. The molecule has 2 aromatic heterocycles. The van der Waals surface area contributed by atoms with Crippen LogP contribution in [0.3, 0.4) is 0 Å². The number of phenols is 1. The molecule has 0 bridgehead atoms. The van der Waals surface area contributed by atoms with Crippen molar-refractivity contribution < 1.29 is 23.4 Å². The van der Waals surface area contributed by atoms with E-state index in [2.05, 4.69) is 21.8 Å². The maximum absolute atomic E-state index is 16.8. The van der Waals surface area contributed by atoms with Gasteiger partial charge in [-0.15, -0.1) is 0 Å². The van der Waals surface area contributed by atoms with Crippen LogP contribution in [0.5, 0.6) is 11.8 Å². The fourth-order valence-corrected chi connectivity index (χ4v) is 7.86. The van der Waals surface area contributed by atoms with Crippen LogP contribution >= 0.6 is 0 Å². The molecule has 0 unspecified atom stereocenters. The summed E-state index contributed by atoms with van der Waals surface area (Å²) in [5, 5.41) is 11.9. The van der Waals surface area contributed by atoms with Gasteiger partial charge < -0.3 is 20.5 Å². The Bertz CT molecular complexity index is 1800. The third-order valence-electron chi connectivity index (χ3n) is 9.73. The van der Waals surface area contributed by atoms with Crippen molar-refractivity contribution in [2.24, 2.45) is 11.7 Å². The van der Waals surface area contributed by atoms with E-state index < -0.39 is 23.6 Å². The lowest BCUT2D eigenvalue weighted by atomic mass is 9.92. The third kappa shape index (κ3) is 4.60. The highest BCUT2D eigenvalue weighted by molar-refractivity contribution is 6.02. The average molecular weight is 603 g/mol. The first-order valence-corrected chi connectivity index (χ1v) is 15.4. The average Bonchev–Trinajstić information content (AvgIpc) is 3.71. The molecule has 3 fully saturated rings. The number of hydrogen-bond donors (Lipinski definition) is 2. The maximum atomic E-state index is 16.8. The van der Waals surface area contributed by atoms with E-state index in [1.54, 1.807) is 11.0 Å². The monoisotopic (exact) mass is 602 g/mol. The Morgan fingerprint density at radius 3 is 2.84 bits per heavy atom. The standard InChI is InChI=1S/C33H36F2N6O3/c1-3-21-24(34)8-7-19-12-20(42)13-22(26(19)21)28-27(35)29-23(15-37-28)31(41-11-4-6-25(41)30(36)43)39-32(38-29)44-17-33-9-5-10-40(33)16-18(2)14-33/h7-8,12-13,15,18,25,42H,3-6,9-11,14,16-17H2,1-2H3,(H2,36,43)/t18-,25+,33+/m1/s1. The highest BCUT2D eigenvalue weighted by atomic mass is 19.1. The first-order chi connectivity index (χ1) is 21.2. The highest BCUT2D eigenvalue weighted by Gasteiger charge is 2.48. The van der Waals surface area contributed by atoms with Crippen molar-refractivity contribution in [2.45, 2.75) is 64.0 Å². The van der Waals surface area contributed by atoms with Gasteiger partial charge in [-0.1, -0.05) is 19.9 Å². The van der Waals surface area contributed by atoms with Gasteiger partial charge in [-0.2, -0.15) is 9.97 Å². The molecule has 1 amide bonds. The van der Waals surface area contributed by atoms with Crippen LogP contribution < -0.4 is 15.4 Å². The largest absolute Gasteiger partial charge is 0.508 e. The minimum atomic E-state index is -0.751. The predicted molar refractivity (Wildman–Crippen MR) is 164 cm³/mol. The topological polar surface area (TPSA) is 118 Å². The molecule has 3 atom stereocenters. The summed E-state index contributed by atoms with van der Waals surface area (Å²) in [5.74, 6) is -0.856. The third-order valence-corrected chi connectivity index (χ3v) is 9.73. The van der Waals surface area contributed by atoms with Crippen molar-refractivity contribution in [3.8, 4) is 23.0 Å². The van der Waals surface area contributed by atoms with Crippen molar-refractivity contribution in [3.63, 3.8) is 0 Å². The van der Waals surface area contributed by atoms with Gasteiger partial charge in [0.1, 0.15) is 41.2 Å². The van der Waals surface area contributed by atoms with E-state index in [9.17, 15) is 14.3 Å². The van der Waals surface area contributed by atoms with Crippen LogP contribution in [0.2, 0.25) is 0 Å². The van der Waals surface area contributed by atoms with E-state index in [0.717, 1.165) is 38.8 Å². The van der Waals surface area contributed by atoms with Crippen molar-refractivity contribution >= 4 is 33.4 Å². The number of fused-ring (bicyclic) bond motifs is 3. The molecule has 0 radical (unpaired) electrons. The Morgan fingerprint density at radius 2 is 2.05 bits per heavy atom. The summed E-state index contributed by atoms with van der Waals surface area (Å²) in [7, 11) is 0. The minimum absolute atomic E-state index is 0.0144. The summed E-state index contributed by atoms with van der Waals surface area (Å²) < 4.78 is 38.0. The van der Waals surface area contributed by atoms with Crippen LogP contribution in [0.1, 0.15) is 51.5 Å². The second kappa shape index (κ2) is 10.8. The Morgan fingerprint density at radius 1 is 1.20 bits per heavy atom. The molecule has 7 rings (SSSR count). The lowest BCUT2D eigenvalue weighted by molar-refractivity contribution is -0.119.